The van der Waals surface area contributed by atoms with Crippen LogP contribution in [0.1, 0.15) is 6.42 Å². The molecule has 0 spiro atoms. The highest BCUT2D eigenvalue weighted by Gasteiger charge is 2.48. The molecule has 1 aliphatic heterocycles. The van der Waals surface area contributed by atoms with Gasteiger partial charge in [-0.25, -0.2) is 0 Å². The average molecular weight is 178 g/mol. The van der Waals surface area contributed by atoms with E-state index >= 15 is 0 Å². The van der Waals surface area contributed by atoms with Crippen molar-refractivity contribution in [1.29, 1.82) is 0 Å². The Balaban J connectivity index is 0.000000605. The van der Waals surface area contributed by atoms with E-state index in [4.69, 9.17) is 5.11 Å². The van der Waals surface area contributed by atoms with Gasteiger partial charge in [-0.05, 0) is 24.8 Å². The summed E-state index contributed by atoms with van der Waals surface area (Å²) in [7, 11) is 0. The number of carboxylic acids is 1. The van der Waals surface area contributed by atoms with E-state index in [0.717, 1.165) is 13.0 Å². The van der Waals surface area contributed by atoms with Gasteiger partial charge in [-0.2, -0.15) is 0 Å². The van der Waals surface area contributed by atoms with Crippen molar-refractivity contribution in [3.05, 3.63) is 0 Å². The molecule has 0 aromatic carbocycles. The van der Waals surface area contributed by atoms with Crippen molar-refractivity contribution in [3.63, 3.8) is 0 Å². The first-order valence-electron chi connectivity index (χ1n) is 3.72. The predicted molar refractivity (Wildman–Crippen MR) is 42.8 cm³/mol. The zero-order valence-electron chi connectivity index (χ0n) is 6.12. The van der Waals surface area contributed by atoms with Crippen LogP contribution in [0.4, 0.5) is 0 Å². The van der Waals surface area contributed by atoms with Gasteiger partial charge in [0.15, 0.2) is 0 Å². The lowest BCUT2D eigenvalue weighted by molar-refractivity contribution is -0.142. The molecule has 1 heterocycles. The lowest BCUT2D eigenvalue weighted by Crippen LogP contribution is -2.36. The summed E-state index contributed by atoms with van der Waals surface area (Å²) in [4.78, 5) is 10.6. The van der Waals surface area contributed by atoms with Gasteiger partial charge in [0.25, 0.3) is 0 Å². The Morgan fingerprint density at radius 2 is 2.18 bits per heavy atom. The maximum atomic E-state index is 10.6. The van der Waals surface area contributed by atoms with Gasteiger partial charge in [-0.15, -0.1) is 12.4 Å². The van der Waals surface area contributed by atoms with Crippen LogP contribution in [0, 0.1) is 17.8 Å². The van der Waals surface area contributed by atoms with Gasteiger partial charge in [-0.3, -0.25) is 4.79 Å². The molecule has 0 aromatic heterocycles. The topological polar surface area (TPSA) is 49.3 Å². The molecule has 64 valence electrons. The number of nitrogens with one attached hydrogen (secondary N) is 1. The van der Waals surface area contributed by atoms with E-state index in [2.05, 4.69) is 5.32 Å². The van der Waals surface area contributed by atoms with Crippen molar-refractivity contribution in [2.24, 2.45) is 17.8 Å². The number of hydrogen-bond donors (Lipinski definition) is 2. The summed E-state index contributed by atoms with van der Waals surface area (Å²) in [5.74, 6) is 0.451. The minimum atomic E-state index is -0.625. The van der Waals surface area contributed by atoms with Crippen molar-refractivity contribution >= 4 is 18.4 Å². The number of halogens is 1. The van der Waals surface area contributed by atoms with Crippen LogP contribution in [-0.4, -0.2) is 24.2 Å². The Bertz CT molecular complexity index is 174. The van der Waals surface area contributed by atoms with Gasteiger partial charge < -0.3 is 10.4 Å². The van der Waals surface area contributed by atoms with Gasteiger partial charge in [0, 0.05) is 6.54 Å². The van der Waals surface area contributed by atoms with Crippen LogP contribution < -0.4 is 5.32 Å². The average Bonchev–Trinajstić information content (AvgIpc) is 2.63. The second-order valence-corrected chi connectivity index (χ2v) is 3.26. The smallest absolute Gasteiger partial charge is 0.308 e. The monoisotopic (exact) mass is 177 g/mol. The molecular weight excluding hydrogens is 166 g/mol. The maximum absolute atomic E-state index is 10.6. The molecule has 1 saturated carbocycles. The fourth-order valence-electron chi connectivity index (χ4n) is 1.84. The number of carboxylic acid groups (broad SMARTS) is 1. The van der Waals surface area contributed by atoms with E-state index in [0.29, 0.717) is 18.4 Å². The summed E-state index contributed by atoms with van der Waals surface area (Å²) in [6.07, 6.45) is 1.13. The Morgan fingerprint density at radius 3 is 2.73 bits per heavy atom. The summed E-state index contributed by atoms with van der Waals surface area (Å²) >= 11 is 0. The zero-order chi connectivity index (χ0) is 7.14. The van der Waals surface area contributed by atoms with Crippen molar-refractivity contribution in [2.45, 2.75) is 6.42 Å². The van der Waals surface area contributed by atoms with Crippen molar-refractivity contribution in [1.82, 2.24) is 5.32 Å². The summed E-state index contributed by atoms with van der Waals surface area (Å²) in [6.45, 7) is 1.71. The lowest BCUT2D eigenvalue weighted by atomic mass is 9.99. The Hall–Kier alpha value is -0.280. The van der Waals surface area contributed by atoms with Gasteiger partial charge in [0.2, 0.25) is 0 Å². The zero-order valence-corrected chi connectivity index (χ0v) is 6.93. The highest BCUT2D eigenvalue weighted by molar-refractivity contribution is 5.85. The molecule has 3 nitrogen and oxygen atoms in total. The van der Waals surface area contributed by atoms with Crippen LogP contribution in [0.15, 0.2) is 0 Å². The predicted octanol–water partition coefficient (Wildman–Crippen LogP) is 0.348. The van der Waals surface area contributed by atoms with Crippen LogP contribution in [0.3, 0.4) is 0 Å². The van der Waals surface area contributed by atoms with Crippen LogP contribution in [-0.2, 0) is 4.79 Å². The third kappa shape index (κ3) is 1.49. The first-order chi connectivity index (χ1) is 4.79. The van der Waals surface area contributed by atoms with E-state index in [1.165, 1.54) is 0 Å². The third-order valence-corrected chi connectivity index (χ3v) is 2.58. The summed E-state index contributed by atoms with van der Waals surface area (Å²) in [5.41, 5.74) is 0. The molecule has 4 heteroatoms. The molecule has 2 rings (SSSR count). The molecule has 0 amide bonds. The Kier molecular flexibility index (Phi) is 2.40. The van der Waals surface area contributed by atoms with Crippen LogP contribution in [0.2, 0.25) is 0 Å². The van der Waals surface area contributed by atoms with E-state index in [-0.39, 0.29) is 18.3 Å². The minimum Gasteiger partial charge on any atom is -0.481 e. The molecule has 11 heavy (non-hydrogen) atoms. The highest BCUT2D eigenvalue weighted by Crippen LogP contribution is 2.45. The van der Waals surface area contributed by atoms with Crippen molar-refractivity contribution < 1.29 is 9.90 Å². The molecule has 0 bridgehead atoms. The molecule has 1 saturated heterocycles. The summed E-state index contributed by atoms with van der Waals surface area (Å²) in [6, 6.07) is 0. The van der Waals surface area contributed by atoms with E-state index in [1.807, 2.05) is 0 Å². The lowest BCUT2D eigenvalue weighted by Gasteiger charge is -2.17. The largest absolute Gasteiger partial charge is 0.481 e. The minimum absolute atomic E-state index is 0. The molecule has 0 aromatic rings. The van der Waals surface area contributed by atoms with Gasteiger partial charge in [0.1, 0.15) is 0 Å². The fraction of sp³-hybridized carbons (Fsp3) is 0.857. The van der Waals surface area contributed by atoms with Crippen LogP contribution in [0.5, 0.6) is 0 Å². The number of fused-ring (bicyclic) bond motifs is 1. The molecule has 3 unspecified atom stereocenters. The summed E-state index contributed by atoms with van der Waals surface area (Å²) in [5, 5.41) is 11.8. The number of hydrogen-bond acceptors (Lipinski definition) is 2. The molecular formula is C7H12ClNO2. The van der Waals surface area contributed by atoms with E-state index in [9.17, 15) is 4.79 Å². The Labute approximate surface area is 71.6 Å². The first-order valence-corrected chi connectivity index (χ1v) is 3.72. The molecule has 1 aliphatic carbocycles. The second kappa shape index (κ2) is 2.99. The molecule has 0 radical (unpaired) electrons. The van der Waals surface area contributed by atoms with E-state index < -0.39 is 5.97 Å². The SMILES string of the molecule is Cl.O=C(O)C1CNCC2CC21. The normalized spacial score (nSPS) is 40.2. The summed E-state index contributed by atoms with van der Waals surface area (Å²) < 4.78 is 0. The number of carbonyl (C=O) groups is 1. The third-order valence-electron chi connectivity index (χ3n) is 2.58. The molecule has 3 atom stereocenters. The first kappa shape index (κ1) is 8.81. The van der Waals surface area contributed by atoms with Crippen molar-refractivity contribution in [3.8, 4) is 0 Å². The number of piperidine rings is 1. The standard InChI is InChI=1S/C7H11NO2.ClH/c9-7(10)6-3-8-2-4-1-5(4)6;/h4-6,8H,1-3H2,(H,9,10);1H. The van der Waals surface area contributed by atoms with Crippen LogP contribution >= 0.6 is 12.4 Å². The number of rotatable bonds is 1. The van der Waals surface area contributed by atoms with Crippen LogP contribution in [0.25, 0.3) is 0 Å². The molecule has 2 fully saturated rings. The van der Waals surface area contributed by atoms with Gasteiger partial charge in [0.05, 0.1) is 5.92 Å². The maximum Gasteiger partial charge on any atom is 0.308 e. The Morgan fingerprint density at radius 1 is 1.45 bits per heavy atom. The van der Waals surface area contributed by atoms with E-state index in [1.54, 1.807) is 0 Å². The number of aliphatic carboxylic acids is 1. The highest BCUT2D eigenvalue weighted by atomic mass is 35.5. The quantitative estimate of drug-likeness (QED) is 0.608. The van der Waals surface area contributed by atoms with Gasteiger partial charge >= 0.3 is 5.97 Å². The molecule has 2 N–H and O–H groups in total. The second-order valence-electron chi connectivity index (χ2n) is 3.26. The fourth-order valence-corrected chi connectivity index (χ4v) is 1.84. The van der Waals surface area contributed by atoms with Crippen molar-refractivity contribution in [2.75, 3.05) is 13.1 Å². The van der Waals surface area contributed by atoms with Gasteiger partial charge in [-0.1, -0.05) is 0 Å². The molecule has 2 aliphatic rings.